The summed E-state index contributed by atoms with van der Waals surface area (Å²) >= 11 is 1.76. The van der Waals surface area contributed by atoms with E-state index >= 15 is 0 Å². The first-order valence-electron chi connectivity index (χ1n) is 5.04. The molecule has 0 aromatic rings. The van der Waals surface area contributed by atoms with Crippen molar-refractivity contribution in [1.29, 1.82) is 0 Å². The summed E-state index contributed by atoms with van der Waals surface area (Å²) in [6, 6.07) is 0. The van der Waals surface area contributed by atoms with Gasteiger partial charge in [0.2, 0.25) is 0 Å². The molecule has 14 heavy (non-hydrogen) atoms. The standard InChI is InChI=1S/C11H22O2S/c1-11(2,3)9-10(12)5-6-13-7-8-14-4/h5-9H2,1-4H3. The maximum atomic E-state index is 11.4. The van der Waals surface area contributed by atoms with Gasteiger partial charge in [0.05, 0.1) is 13.2 Å². The summed E-state index contributed by atoms with van der Waals surface area (Å²) in [6.45, 7) is 7.58. The van der Waals surface area contributed by atoms with Gasteiger partial charge < -0.3 is 4.74 Å². The molecule has 3 heteroatoms. The van der Waals surface area contributed by atoms with Crippen LogP contribution in [-0.2, 0) is 9.53 Å². The van der Waals surface area contributed by atoms with Crippen molar-refractivity contribution in [2.75, 3.05) is 25.2 Å². The third-order valence-electron chi connectivity index (χ3n) is 1.68. The Bertz CT molecular complexity index is 161. The van der Waals surface area contributed by atoms with Gasteiger partial charge in [0.1, 0.15) is 5.78 Å². The fourth-order valence-corrected chi connectivity index (χ4v) is 1.39. The number of carbonyl (C=O) groups is 1. The number of ether oxygens (including phenoxy) is 1. The van der Waals surface area contributed by atoms with Crippen molar-refractivity contribution in [3.05, 3.63) is 0 Å². The van der Waals surface area contributed by atoms with Gasteiger partial charge in [-0.05, 0) is 11.7 Å². The van der Waals surface area contributed by atoms with Gasteiger partial charge >= 0.3 is 0 Å². The molecule has 84 valence electrons. The van der Waals surface area contributed by atoms with Gasteiger partial charge in [-0.15, -0.1) is 0 Å². The molecule has 2 nitrogen and oxygen atoms in total. The van der Waals surface area contributed by atoms with Gasteiger partial charge in [0, 0.05) is 18.6 Å². The zero-order valence-electron chi connectivity index (χ0n) is 9.76. The summed E-state index contributed by atoms with van der Waals surface area (Å²) in [5.74, 6) is 1.31. The summed E-state index contributed by atoms with van der Waals surface area (Å²) in [7, 11) is 0. The summed E-state index contributed by atoms with van der Waals surface area (Å²) in [6.07, 6.45) is 3.26. The number of hydrogen-bond acceptors (Lipinski definition) is 3. The first kappa shape index (κ1) is 14.0. The van der Waals surface area contributed by atoms with Crippen LogP contribution in [0.4, 0.5) is 0 Å². The minimum atomic E-state index is 0.107. The van der Waals surface area contributed by atoms with Crippen LogP contribution in [0.25, 0.3) is 0 Å². The summed E-state index contributed by atoms with van der Waals surface area (Å²) < 4.78 is 5.32. The first-order chi connectivity index (χ1) is 6.45. The second kappa shape index (κ2) is 7.30. The molecule has 0 aliphatic carbocycles. The highest BCUT2D eigenvalue weighted by atomic mass is 32.2. The minimum absolute atomic E-state index is 0.107. The van der Waals surface area contributed by atoms with Gasteiger partial charge in [-0.3, -0.25) is 4.79 Å². The van der Waals surface area contributed by atoms with Gasteiger partial charge in [-0.2, -0.15) is 11.8 Å². The van der Waals surface area contributed by atoms with Crippen LogP contribution in [0.3, 0.4) is 0 Å². The monoisotopic (exact) mass is 218 g/mol. The lowest BCUT2D eigenvalue weighted by molar-refractivity contribution is -0.121. The molecule has 0 spiro atoms. The van der Waals surface area contributed by atoms with Gasteiger partial charge in [-0.1, -0.05) is 20.8 Å². The van der Waals surface area contributed by atoms with Crippen molar-refractivity contribution in [2.45, 2.75) is 33.6 Å². The van der Waals surface area contributed by atoms with Crippen LogP contribution in [0.1, 0.15) is 33.6 Å². The molecule has 0 aromatic heterocycles. The lowest BCUT2D eigenvalue weighted by Crippen LogP contribution is -2.14. The molecule has 0 aliphatic rings. The van der Waals surface area contributed by atoms with Gasteiger partial charge in [0.25, 0.3) is 0 Å². The average Bonchev–Trinajstić information content (AvgIpc) is 2.00. The number of Topliss-reactive ketones (excluding diaryl/α,β-unsaturated/α-hetero) is 1. The Kier molecular flexibility index (Phi) is 7.28. The van der Waals surface area contributed by atoms with Crippen molar-refractivity contribution in [2.24, 2.45) is 5.41 Å². The predicted molar refractivity (Wildman–Crippen MR) is 62.9 cm³/mol. The normalized spacial score (nSPS) is 11.7. The van der Waals surface area contributed by atoms with E-state index in [0.29, 0.717) is 25.2 Å². The Morgan fingerprint density at radius 3 is 2.43 bits per heavy atom. The van der Waals surface area contributed by atoms with E-state index in [1.165, 1.54) is 0 Å². The molecule has 0 N–H and O–H groups in total. The van der Waals surface area contributed by atoms with Gasteiger partial charge in [-0.25, -0.2) is 0 Å². The van der Waals surface area contributed by atoms with Crippen LogP contribution in [0.2, 0.25) is 0 Å². The van der Waals surface area contributed by atoms with Crippen LogP contribution in [0, 0.1) is 5.41 Å². The molecule has 0 heterocycles. The third kappa shape index (κ3) is 10.1. The third-order valence-corrected chi connectivity index (χ3v) is 2.26. The molecule has 0 atom stereocenters. The van der Waals surface area contributed by atoms with E-state index in [1.54, 1.807) is 11.8 Å². The molecule has 0 saturated heterocycles. The highest BCUT2D eigenvalue weighted by molar-refractivity contribution is 7.98. The maximum Gasteiger partial charge on any atom is 0.135 e. The van der Waals surface area contributed by atoms with Crippen molar-refractivity contribution < 1.29 is 9.53 Å². The molecule has 0 rings (SSSR count). The molecule has 0 saturated carbocycles. The SMILES string of the molecule is CSCCOCCC(=O)CC(C)(C)C. The second-order valence-corrected chi connectivity index (χ2v) is 5.62. The fourth-order valence-electron chi connectivity index (χ4n) is 1.11. The van der Waals surface area contributed by atoms with Gasteiger partial charge in [0.15, 0.2) is 0 Å². The fraction of sp³-hybridized carbons (Fsp3) is 0.909. The molecule has 0 fully saturated rings. The highest BCUT2D eigenvalue weighted by Gasteiger charge is 2.15. The largest absolute Gasteiger partial charge is 0.380 e. The molecular weight excluding hydrogens is 196 g/mol. The lowest BCUT2D eigenvalue weighted by Gasteiger charge is -2.16. The van der Waals surface area contributed by atoms with E-state index in [2.05, 4.69) is 20.8 Å². The lowest BCUT2D eigenvalue weighted by atomic mass is 9.89. The molecule has 0 bridgehead atoms. The Morgan fingerprint density at radius 1 is 1.29 bits per heavy atom. The number of carbonyl (C=O) groups excluding carboxylic acids is 1. The van der Waals surface area contributed by atoms with E-state index < -0.39 is 0 Å². The topological polar surface area (TPSA) is 26.3 Å². The second-order valence-electron chi connectivity index (χ2n) is 4.63. The minimum Gasteiger partial charge on any atom is -0.380 e. The Labute approximate surface area is 91.8 Å². The van der Waals surface area contributed by atoms with Crippen LogP contribution >= 0.6 is 11.8 Å². The Balaban J connectivity index is 3.36. The maximum absolute atomic E-state index is 11.4. The van der Waals surface area contributed by atoms with Crippen molar-refractivity contribution in [3.63, 3.8) is 0 Å². The van der Waals surface area contributed by atoms with E-state index in [9.17, 15) is 4.79 Å². The van der Waals surface area contributed by atoms with Crippen LogP contribution in [-0.4, -0.2) is 31.0 Å². The van der Waals surface area contributed by atoms with Crippen molar-refractivity contribution in [1.82, 2.24) is 0 Å². The smallest absolute Gasteiger partial charge is 0.135 e. The molecule has 0 radical (unpaired) electrons. The van der Waals surface area contributed by atoms with Crippen molar-refractivity contribution in [3.8, 4) is 0 Å². The number of rotatable bonds is 7. The van der Waals surface area contributed by atoms with Crippen molar-refractivity contribution >= 4 is 17.5 Å². The zero-order valence-corrected chi connectivity index (χ0v) is 10.6. The summed E-state index contributed by atoms with van der Waals surface area (Å²) in [5, 5.41) is 0. The summed E-state index contributed by atoms with van der Waals surface area (Å²) in [4.78, 5) is 11.4. The van der Waals surface area contributed by atoms with E-state index in [4.69, 9.17) is 4.74 Å². The molecule has 0 aromatic carbocycles. The number of hydrogen-bond donors (Lipinski definition) is 0. The quantitative estimate of drug-likeness (QED) is 0.615. The summed E-state index contributed by atoms with van der Waals surface area (Å²) in [5.41, 5.74) is 0.107. The average molecular weight is 218 g/mol. The van der Waals surface area contributed by atoms with E-state index in [-0.39, 0.29) is 5.41 Å². The number of thioether (sulfide) groups is 1. The number of ketones is 1. The first-order valence-corrected chi connectivity index (χ1v) is 6.43. The van der Waals surface area contributed by atoms with Crippen LogP contribution < -0.4 is 0 Å². The molecule has 0 aliphatic heterocycles. The molecular formula is C11H22O2S. The Morgan fingerprint density at radius 2 is 1.93 bits per heavy atom. The predicted octanol–water partition coefficient (Wildman–Crippen LogP) is 2.76. The highest BCUT2D eigenvalue weighted by Crippen LogP contribution is 2.19. The molecule has 0 unspecified atom stereocenters. The molecule has 0 amide bonds. The van der Waals surface area contributed by atoms with Crippen LogP contribution in [0.15, 0.2) is 0 Å². The van der Waals surface area contributed by atoms with E-state index in [1.807, 2.05) is 6.26 Å². The van der Waals surface area contributed by atoms with E-state index in [0.717, 1.165) is 12.4 Å². The van der Waals surface area contributed by atoms with Crippen LogP contribution in [0.5, 0.6) is 0 Å². The zero-order chi connectivity index (χ0) is 11.0. The Hall–Kier alpha value is -0.0200.